The van der Waals surface area contributed by atoms with Crippen LogP contribution in [0, 0.1) is 0 Å². The van der Waals surface area contributed by atoms with Gasteiger partial charge in [0.15, 0.2) is 0 Å². The van der Waals surface area contributed by atoms with Crippen molar-refractivity contribution < 1.29 is 42.7 Å². The Morgan fingerprint density at radius 1 is 0.500 bits per heavy atom. The van der Waals surface area contributed by atoms with Crippen molar-refractivity contribution >= 4 is 5.97 Å². The molecule has 0 aliphatic heterocycles. The quantitative estimate of drug-likeness (QED) is 0.122. The number of unbranched alkanes of at least 4 members (excludes halogenated alkanes) is 4. The highest BCUT2D eigenvalue weighted by molar-refractivity contribution is 5.69. The van der Waals surface area contributed by atoms with Crippen molar-refractivity contribution in [3.63, 3.8) is 0 Å². The minimum Gasteiger partial charge on any atom is -0.463 e. The van der Waals surface area contributed by atoms with E-state index in [4.69, 9.17) is 43.6 Å². The van der Waals surface area contributed by atoms with Crippen LogP contribution in [0.2, 0.25) is 0 Å². The largest absolute Gasteiger partial charge is 0.463 e. The first-order valence-corrected chi connectivity index (χ1v) is 12.7. The number of carbonyl (C=O) groups is 1. The molecular formula is C24H49NO9. The fraction of sp³-hybridized carbons (Fsp3) is 0.958. The average molecular weight is 496 g/mol. The molecule has 0 unspecified atom stereocenters. The molecule has 0 saturated carbocycles. The smallest absolute Gasteiger partial charge is 0.305 e. The van der Waals surface area contributed by atoms with Crippen LogP contribution >= 0.6 is 0 Å². The minimum atomic E-state index is -0.143. The standard InChI is InChI=1S/C24H49NO9/c1-2-3-4-5-6-7-24(26)34-23-22-33-21-20-32-19-18-31-17-16-30-15-14-29-13-12-28-11-10-27-9-8-25/h2-23,25H2,1H3. The van der Waals surface area contributed by atoms with Crippen LogP contribution in [0.15, 0.2) is 0 Å². The molecule has 0 fully saturated rings. The van der Waals surface area contributed by atoms with Gasteiger partial charge in [0.25, 0.3) is 0 Å². The van der Waals surface area contributed by atoms with E-state index >= 15 is 0 Å². The first kappa shape index (κ1) is 33.1. The van der Waals surface area contributed by atoms with Gasteiger partial charge in [0, 0.05) is 13.0 Å². The van der Waals surface area contributed by atoms with Crippen molar-refractivity contribution in [1.82, 2.24) is 0 Å². The van der Waals surface area contributed by atoms with Crippen LogP contribution in [-0.2, 0) is 42.7 Å². The predicted molar refractivity (Wildman–Crippen MR) is 129 cm³/mol. The van der Waals surface area contributed by atoms with E-state index in [9.17, 15) is 4.79 Å². The topological polar surface area (TPSA) is 117 Å². The molecule has 0 rings (SSSR count). The van der Waals surface area contributed by atoms with Gasteiger partial charge in [-0.1, -0.05) is 32.6 Å². The summed E-state index contributed by atoms with van der Waals surface area (Å²) in [7, 11) is 0. The Morgan fingerprint density at radius 2 is 0.853 bits per heavy atom. The number of esters is 1. The molecule has 34 heavy (non-hydrogen) atoms. The molecule has 10 heteroatoms. The molecule has 0 heterocycles. The Labute approximate surface area is 206 Å². The average Bonchev–Trinajstić information content (AvgIpc) is 2.84. The lowest BCUT2D eigenvalue weighted by atomic mass is 10.1. The van der Waals surface area contributed by atoms with Gasteiger partial charge in [0.05, 0.1) is 92.5 Å². The lowest BCUT2D eigenvalue weighted by molar-refractivity contribution is -0.145. The van der Waals surface area contributed by atoms with Gasteiger partial charge < -0.3 is 43.6 Å². The van der Waals surface area contributed by atoms with E-state index < -0.39 is 0 Å². The zero-order valence-corrected chi connectivity index (χ0v) is 21.3. The van der Waals surface area contributed by atoms with Crippen LogP contribution in [0.25, 0.3) is 0 Å². The summed E-state index contributed by atoms with van der Waals surface area (Å²) in [5, 5.41) is 0. The highest BCUT2D eigenvalue weighted by Gasteiger charge is 2.02. The molecule has 0 radical (unpaired) electrons. The summed E-state index contributed by atoms with van der Waals surface area (Å²) in [5.41, 5.74) is 5.31. The number of hydrogen-bond acceptors (Lipinski definition) is 10. The van der Waals surface area contributed by atoms with Gasteiger partial charge >= 0.3 is 5.97 Å². The molecule has 0 spiro atoms. The number of hydrogen-bond donors (Lipinski definition) is 1. The Bertz CT molecular complexity index is 403. The van der Waals surface area contributed by atoms with Crippen molar-refractivity contribution in [1.29, 1.82) is 0 Å². The summed E-state index contributed by atoms with van der Waals surface area (Å²) >= 11 is 0. The highest BCUT2D eigenvalue weighted by atomic mass is 16.6. The third kappa shape index (κ3) is 29.2. The van der Waals surface area contributed by atoms with Gasteiger partial charge in [-0.2, -0.15) is 0 Å². The van der Waals surface area contributed by atoms with E-state index in [1.165, 1.54) is 19.3 Å². The maximum absolute atomic E-state index is 11.6. The van der Waals surface area contributed by atoms with Gasteiger partial charge in [0.2, 0.25) is 0 Å². The Morgan fingerprint density at radius 3 is 1.24 bits per heavy atom. The number of nitrogens with two attached hydrogens (primary N) is 1. The van der Waals surface area contributed by atoms with Crippen LogP contribution < -0.4 is 5.73 Å². The molecule has 0 atom stereocenters. The lowest BCUT2D eigenvalue weighted by Crippen LogP contribution is -2.15. The molecule has 0 saturated heterocycles. The van der Waals surface area contributed by atoms with Gasteiger partial charge in [-0.15, -0.1) is 0 Å². The SMILES string of the molecule is CCCCCCCC(=O)OCCOCCOCCOCCOCCOCCOCCOCCN. The second-order valence-corrected chi connectivity index (χ2v) is 7.46. The normalized spacial score (nSPS) is 11.2. The predicted octanol–water partition coefficient (Wildman–Crippen LogP) is 1.97. The Kier molecular flexibility index (Phi) is 29.4. The molecule has 0 bridgehead atoms. The van der Waals surface area contributed by atoms with Crippen molar-refractivity contribution in [3.8, 4) is 0 Å². The second kappa shape index (κ2) is 30.2. The summed E-state index contributed by atoms with van der Waals surface area (Å²) in [4.78, 5) is 11.6. The zero-order chi connectivity index (χ0) is 24.8. The van der Waals surface area contributed by atoms with Crippen LogP contribution in [0.4, 0.5) is 0 Å². The van der Waals surface area contributed by atoms with Gasteiger partial charge in [-0.05, 0) is 6.42 Å². The number of ether oxygens (including phenoxy) is 8. The van der Waals surface area contributed by atoms with Crippen molar-refractivity contribution in [3.05, 3.63) is 0 Å². The van der Waals surface area contributed by atoms with E-state index in [0.29, 0.717) is 112 Å². The van der Waals surface area contributed by atoms with E-state index in [1.54, 1.807) is 0 Å². The van der Waals surface area contributed by atoms with E-state index in [2.05, 4.69) is 6.92 Å². The summed E-state index contributed by atoms with van der Waals surface area (Å²) in [6.45, 7) is 10.1. The summed E-state index contributed by atoms with van der Waals surface area (Å²) < 4.78 is 42.7. The minimum absolute atomic E-state index is 0.143. The van der Waals surface area contributed by atoms with Crippen LogP contribution in [-0.4, -0.2) is 112 Å². The molecule has 204 valence electrons. The third-order valence-corrected chi connectivity index (χ3v) is 4.47. The Balaban J connectivity index is 3.08. The number of carbonyl (C=O) groups excluding carboxylic acids is 1. The monoisotopic (exact) mass is 495 g/mol. The molecule has 0 aromatic carbocycles. The first-order chi connectivity index (χ1) is 16.8. The highest BCUT2D eigenvalue weighted by Crippen LogP contribution is 2.05. The number of rotatable bonds is 29. The van der Waals surface area contributed by atoms with Crippen LogP contribution in [0.1, 0.15) is 45.4 Å². The van der Waals surface area contributed by atoms with Gasteiger partial charge in [-0.25, -0.2) is 0 Å². The van der Waals surface area contributed by atoms with E-state index in [-0.39, 0.29) is 5.97 Å². The summed E-state index contributed by atoms with van der Waals surface area (Å²) in [5.74, 6) is -0.143. The maximum atomic E-state index is 11.6. The molecule has 0 aliphatic carbocycles. The third-order valence-electron chi connectivity index (χ3n) is 4.47. The Hall–Kier alpha value is -0.850. The van der Waals surface area contributed by atoms with Crippen molar-refractivity contribution in [2.75, 3.05) is 106 Å². The fourth-order valence-corrected chi connectivity index (χ4v) is 2.66. The lowest BCUT2D eigenvalue weighted by Gasteiger charge is -2.08. The first-order valence-electron chi connectivity index (χ1n) is 12.7. The molecule has 0 aromatic rings. The molecule has 2 N–H and O–H groups in total. The molecule has 0 amide bonds. The van der Waals surface area contributed by atoms with E-state index in [1.807, 2.05) is 0 Å². The van der Waals surface area contributed by atoms with Crippen LogP contribution in [0.5, 0.6) is 0 Å². The van der Waals surface area contributed by atoms with Crippen molar-refractivity contribution in [2.24, 2.45) is 5.73 Å². The van der Waals surface area contributed by atoms with Gasteiger partial charge in [-0.3, -0.25) is 4.79 Å². The van der Waals surface area contributed by atoms with Crippen LogP contribution in [0.3, 0.4) is 0 Å². The zero-order valence-electron chi connectivity index (χ0n) is 21.3. The van der Waals surface area contributed by atoms with Gasteiger partial charge in [0.1, 0.15) is 6.61 Å². The van der Waals surface area contributed by atoms with Crippen molar-refractivity contribution in [2.45, 2.75) is 45.4 Å². The van der Waals surface area contributed by atoms with E-state index in [0.717, 1.165) is 12.8 Å². The molecule has 0 aromatic heterocycles. The molecular weight excluding hydrogens is 446 g/mol. The molecule has 0 aliphatic rings. The fourth-order valence-electron chi connectivity index (χ4n) is 2.66. The molecule has 10 nitrogen and oxygen atoms in total. The summed E-state index contributed by atoms with van der Waals surface area (Å²) in [6, 6.07) is 0. The summed E-state index contributed by atoms with van der Waals surface area (Å²) in [6.07, 6.45) is 6.11. The second-order valence-electron chi connectivity index (χ2n) is 7.46. The maximum Gasteiger partial charge on any atom is 0.305 e.